The molecule has 5 heteroatoms. The van der Waals surface area contributed by atoms with Crippen LogP contribution in [0.2, 0.25) is 0 Å². The fourth-order valence-corrected chi connectivity index (χ4v) is 0.852. The molecule has 0 rings (SSSR count). The van der Waals surface area contributed by atoms with Crippen molar-refractivity contribution in [3.63, 3.8) is 0 Å². The molecule has 5 nitrogen and oxygen atoms in total. The van der Waals surface area contributed by atoms with Gasteiger partial charge in [-0.3, -0.25) is 9.59 Å². The zero-order valence-electron chi connectivity index (χ0n) is 9.05. The molecular weight excluding hydrogens is 184 g/mol. The van der Waals surface area contributed by atoms with Crippen LogP contribution in [0, 0.1) is 0 Å². The summed E-state index contributed by atoms with van der Waals surface area (Å²) >= 11 is 0. The maximum Gasteiger partial charge on any atom is 0.242 e. The third kappa shape index (κ3) is 4.81. The molecule has 0 aliphatic carbocycles. The fourth-order valence-electron chi connectivity index (χ4n) is 0.852. The van der Waals surface area contributed by atoms with Gasteiger partial charge in [0.1, 0.15) is 6.04 Å². The molecule has 3 N–H and O–H groups in total. The van der Waals surface area contributed by atoms with E-state index in [4.69, 9.17) is 5.11 Å². The number of carbonyl (C=O) groups excluding carboxylic acids is 2. The predicted octanol–water partition coefficient (Wildman–Crippen LogP) is -0.602. The van der Waals surface area contributed by atoms with Gasteiger partial charge in [0.05, 0.1) is 12.1 Å². The van der Waals surface area contributed by atoms with Crippen molar-refractivity contribution in [2.75, 3.05) is 6.61 Å². The van der Waals surface area contributed by atoms with Gasteiger partial charge in [0.15, 0.2) is 0 Å². The molecule has 0 spiro atoms. The highest BCUT2D eigenvalue weighted by Gasteiger charge is 2.22. The van der Waals surface area contributed by atoms with Crippen LogP contribution in [-0.2, 0) is 9.59 Å². The molecule has 0 heterocycles. The summed E-state index contributed by atoms with van der Waals surface area (Å²) < 4.78 is 0. The summed E-state index contributed by atoms with van der Waals surface area (Å²) in [5.41, 5.74) is -0.663. The van der Waals surface area contributed by atoms with E-state index in [1.807, 2.05) is 0 Å². The largest absolute Gasteiger partial charge is 0.394 e. The summed E-state index contributed by atoms with van der Waals surface area (Å²) in [6.45, 7) is 6.19. The minimum absolute atomic E-state index is 0.147. The van der Waals surface area contributed by atoms with Crippen LogP contribution in [0.4, 0.5) is 0 Å². The van der Waals surface area contributed by atoms with Gasteiger partial charge in [0.25, 0.3) is 0 Å². The third-order valence-electron chi connectivity index (χ3n) is 1.67. The maximum atomic E-state index is 11.4. The summed E-state index contributed by atoms with van der Waals surface area (Å²) in [5, 5.41) is 14.0. The van der Waals surface area contributed by atoms with Crippen molar-refractivity contribution >= 4 is 11.8 Å². The van der Waals surface area contributed by atoms with Gasteiger partial charge in [-0.25, -0.2) is 0 Å². The van der Waals surface area contributed by atoms with Crippen molar-refractivity contribution < 1.29 is 14.7 Å². The lowest BCUT2D eigenvalue weighted by Gasteiger charge is -2.25. The Morgan fingerprint density at radius 1 is 1.43 bits per heavy atom. The topological polar surface area (TPSA) is 78.4 Å². The van der Waals surface area contributed by atoms with Crippen LogP contribution in [0.5, 0.6) is 0 Å². The smallest absolute Gasteiger partial charge is 0.242 e. The zero-order chi connectivity index (χ0) is 11.4. The van der Waals surface area contributed by atoms with Crippen LogP contribution in [0.15, 0.2) is 0 Å². The van der Waals surface area contributed by atoms with Crippen LogP contribution in [0.1, 0.15) is 27.7 Å². The molecule has 82 valence electrons. The molecule has 1 unspecified atom stereocenters. The van der Waals surface area contributed by atoms with E-state index in [1.165, 1.54) is 6.92 Å². The number of aliphatic hydroxyl groups is 1. The van der Waals surface area contributed by atoms with Gasteiger partial charge in [-0.05, 0) is 20.8 Å². The fraction of sp³-hybridized carbons (Fsp3) is 0.778. The molecule has 0 saturated heterocycles. The average Bonchev–Trinajstić information content (AvgIpc) is 2.02. The van der Waals surface area contributed by atoms with E-state index in [1.54, 1.807) is 20.8 Å². The lowest BCUT2D eigenvalue weighted by atomic mass is 10.1. The Bertz CT molecular complexity index is 226. The maximum absolute atomic E-state index is 11.4. The van der Waals surface area contributed by atoms with E-state index in [9.17, 15) is 9.59 Å². The summed E-state index contributed by atoms with van der Waals surface area (Å²) in [5.74, 6) is -0.561. The first-order valence-corrected chi connectivity index (χ1v) is 4.48. The summed E-state index contributed by atoms with van der Waals surface area (Å²) in [4.78, 5) is 22.1. The van der Waals surface area contributed by atoms with Gasteiger partial charge >= 0.3 is 0 Å². The van der Waals surface area contributed by atoms with E-state index in [-0.39, 0.29) is 18.4 Å². The second-order valence-electron chi connectivity index (χ2n) is 3.95. The SMILES string of the molecule is CC(=O)NC(C)C(=O)NC(C)(C)CO. The van der Waals surface area contributed by atoms with Crippen molar-refractivity contribution in [3.05, 3.63) is 0 Å². The number of amides is 2. The Morgan fingerprint density at radius 3 is 2.29 bits per heavy atom. The predicted molar refractivity (Wildman–Crippen MR) is 52.6 cm³/mol. The zero-order valence-corrected chi connectivity index (χ0v) is 9.05. The van der Waals surface area contributed by atoms with E-state index in [0.29, 0.717) is 0 Å². The minimum Gasteiger partial charge on any atom is -0.394 e. The van der Waals surface area contributed by atoms with Crippen LogP contribution in [0.25, 0.3) is 0 Å². The van der Waals surface area contributed by atoms with Gasteiger partial charge in [-0.2, -0.15) is 0 Å². The molecule has 0 aromatic carbocycles. The summed E-state index contributed by atoms with van der Waals surface area (Å²) in [6, 6.07) is -0.585. The van der Waals surface area contributed by atoms with Crippen molar-refractivity contribution in [2.24, 2.45) is 0 Å². The van der Waals surface area contributed by atoms with Crippen molar-refractivity contribution in [1.82, 2.24) is 10.6 Å². The highest BCUT2D eigenvalue weighted by Crippen LogP contribution is 2.00. The Balaban J connectivity index is 4.14. The molecular formula is C9H18N2O3. The Labute approximate surface area is 83.9 Å². The quantitative estimate of drug-likeness (QED) is 0.569. The number of rotatable bonds is 4. The van der Waals surface area contributed by atoms with Crippen LogP contribution in [0.3, 0.4) is 0 Å². The van der Waals surface area contributed by atoms with Gasteiger partial charge in [-0.15, -0.1) is 0 Å². The Morgan fingerprint density at radius 2 is 1.93 bits per heavy atom. The molecule has 0 saturated carbocycles. The standard InChI is InChI=1S/C9H18N2O3/c1-6(10-7(2)13)8(14)11-9(3,4)5-12/h6,12H,5H2,1-4H3,(H,10,13)(H,11,14). The van der Waals surface area contributed by atoms with Crippen LogP contribution in [-0.4, -0.2) is 35.1 Å². The van der Waals surface area contributed by atoms with Crippen molar-refractivity contribution in [3.8, 4) is 0 Å². The molecule has 14 heavy (non-hydrogen) atoms. The molecule has 0 aliphatic heterocycles. The lowest BCUT2D eigenvalue weighted by molar-refractivity contribution is -0.129. The van der Waals surface area contributed by atoms with E-state index in [2.05, 4.69) is 10.6 Å². The molecule has 0 bridgehead atoms. The number of nitrogens with one attached hydrogen (secondary N) is 2. The number of hydrogen-bond acceptors (Lipinski definition) is 3. The average molecular weight is 202 g/mol. The number of carbonyl (C=O) groups is 2. The first-order chi connectivity index (χ1) is 6.28. The third-order valence-corrected chi connectivity index (χ3v) is 1.67. The van der Waals surface area contributed by atoms with E-state index in [0.717, 1.165) is 0 Å². The Kier molecular flexibility index (Phi) is 4.56. The lowest BCUT2D eigenvalue weighted by Crippen LogP contribution is -2.53. The molecule has 0 radical (unpaired) electrons. The van der Waals surface area contributed by atoms with Crippen molar-refractivity contribution in [1.29, 1.82) is 0 Å². The first kappa shape index (κ1) is 12.9. The number of hydrogen-bond donors (Lipinski definition) is 3. The molecule has 0 aromatic rings. The monoisotopic (exact) mass is 202 g/mol. The normalized spacial score (nSPS) is 13.2. The molecule has 0 aromatic heterocycles. The second-order valence-corrected chi connectivity index (χ2v) is 3.95. The summed E-state index contributed by atoms with van der Waals surface area (Å²) in [6.07, 6.45) is 0. The first-order valence-electron chi connectivity index (χ1n) is 4.48. The van der Waals surface area contributed by atoms with Crippen LogP contribution < -0.4 is 10.6 Å². The van der Waals surface area contributed by atoms with Gasteiger partial charge in [0, 0.05) is 6.92 Å². The summed E-state index contributed by atoms with van der Waals surface area (Å²) in [7, 11) is 0. The van der Waals surface area contributed by atoms with E-state index < -0.39 is 11.6 Å². The molecule has 1 atom stereocenters. The van der Waals surface area contributed by atoms with Gasteiger partial charge in [0.2, 0.25) is 11.8 Å². The second kappa shape index (κ2) is 4.95. The van der Waals surface area contributed by atoms with Crippen molar-refractivity contribution in [2.45, 2.75) is 39.3 Å². The molecule has 2 amide bonds. The Hall–Kier alpha value is -1.10. The molecule has 0 aliphatic rings. The molecule has 0 fully saturated rings. The minimum atomic E-state index is -0.663. The highest BCUT2D eigenvalue weighted by atomic mass is 16.3. The van der Waals surface area contributed by atoms with Gasteiger partial charge in [-0.1, -0.05) is 0 Å². The van der Waals surface area contributed by atoms with Crippen LogP contribution >= 0.6 is 0 Å². The highest BCUT2D eigenvalue weighted by molar-refractivity contribution is 5.86. The number of aliphatic hydroxyl groups excluding tert-OH is 1. The van der Waals surface area contributed by atoms with Gasteiger partial charge < -0.3 is 15.7 Å². The van der Waals surface area contributed by atoms with E-state index >= 15 is 0 Å².